The number of carboxylic acids is 1. The van der Waals surface area contributed by atoms with E-state index in [0.717, 1.165) is 11.3 Å². The number of aromatic nitrogens is 1. The fourth-order valence-corrected chi connectivity index (χ4v) is 2.13. The van der Waals surface area contributed by atoms with Gasteiger partial charge in [0.25, 0.3) is 0 Å². The van der Waals surface area contributed by atoms with Gasteiger partial charge in [-0.2, -0.15) is 0 Å². The van der Waals surface area contributed by atoms with E-state index in [-0.39, 0.29) is 0 Å². The minimum Gasteiger partial charge on any atom is -0.481 e. The average Bonchev–Trinajstić information content (AvgIpc) is 2.68. The van der Waals surface area contributed by atoms with E-state index < -0.39 is 11.9 Å². The zero-order valence-corrected chi connectivity index (χ0v) is 10.8. The van der Waals surface area contributed by atoms with Gasteiger partial charge in [-0.1, -0.05) is 12.1 Å². The second-order valence-corrected chi connectivity index (χ2v) is 4.60. The molecule has 1 N–H and O–H groups in total. The first kappa shape index (κ1) is 12.4. The van der Waals surface area contributed by atoms with Crippen LogP contribution in [0, 0.1) is 13.8 Å². The number of carboxylic acid groups (broad SMARTS) is 1. The van der Waals surface area contributed by atoms with Gasteiger partial charge in [0.2, 0.25) is 0 Å². The molecule has 0 amide bonds. The summed E-state index contributed by atoms with van der Waals surface area (Å²) in [6.45, 7) is 5.81. The smallest absolute Gasteiger partial charge is 0.310 e. The summed E-state index contributed by atoms with van der Waals surface area (Å²) in [7, 11) is 0. The second-order valence-electron chi connectivity index (χ2n) is 4.60. The van der Waals surface area contributed by atoms with Gasteiger partial charge in [-0.3, -0.25) is 4.79 Å². The topological polar surface area (TPSA) is 42.2 Å². The molecule has 18 heavy (non-hydrogen) atoms. The Kier molecular flexibility index (Phi) is 3.24. The Morgan fingerprint density at radius 1 is 1.06 bits per heavy atom. The molecule has 0 spiro atoms. The lowest BCUT2D eigenvalue weighted by Gasteiger charge is -2.11. The molecule has 0 radical (unpaired) electrons. The molecule has 0 bridgehead atoms. The van der Waals surface area contributed by atoms with Crippen LogP contribution in [0.4, 0.5) is 0 Å². The summed E-state index contributed by atoms with van der Waals surface area (Å²) in [6.07, 6.45) is 0. The van der Waals surface area contributed by atoms with Crippen LogP contribution in [0.2, 0.25) is 0 Å². The van der Waals surface area contributed by atoms with Gasteiger partial charge in [0.05, 0.1) is 5.92 Å². The molecule has 3 heteroatoms. The summed E-state index contributed by atoms with van der Waals surface area (Å²) in [5.74, 6) is -1.26. The van der Waals surface area contributed by atoms with Crippen molar-refractivity contribution >= 4 is 5.97 Å². The van der Waals surface area contributed by atoms with Crippen LogP contribution in [0.3, 0.4) is 0 Å². The maximum Gasteiger partial charge on any atom is 0.310 e. The molecule has 1 aromatic carbocycles. The highest BCUT2D eigenvalue weighted by Gasteiger charge is 2.13. The number of hydrogen-bond acceptors (Lipinski definition) is 1. The zero-order valence-electron chi connectivity index (χ0n) is 10.8. The molecule has 1 heterocycles. The van der Waals surface area contributed by atoms with Gasteiger partial charge in [0, 0.05) is 17.1 Å². The van der Waals surface area contributed by atoms with E-state index in [9.17, 15) is 4.79 Å². The largest absolute Gasteiger partial charge is 0.481 e. The minimum absolute atomic E-state index is 0.467. The highest BCUT2D eigenvalue weighted by atomic mass is 16.4. The summed E-state index contributed by atoms with van der Waals surface area (Å²) in [5, 5.41) is 8.97. The first-order chi connectivity index (χ1) is 8.50. The third kappa shape index (κ3) is 2.16. The number of benzene rings is 1. The van der Waals surface area contributed by atoms with Crippen LogP contribution in [-0.2, 0) is 4.79 Å². The van der Waals surface area contributed by atoms with Crippen LogP contribution in [0.15, 0.2) is 36.4 Å². The maximum absolute atomic E-state index is 10.9. The number of nitrogens with zero attached hydrogens (tertiary/aromatic N) is 1. The highest BCUT2D eigenvalue weighted by Crippen LogP contribution is 2.20. The number of hydrogen-bond donors (Lipinski definition) is 1. The molecule has 94 valence electrons. The van der Waals surface area contributed by atoms with Crippen LogP contribution in [-0.4, -0.2) is 15.6 Å². The monoisotopic (exact) mass is 243 g/mol. The number of carbonyl (C=O) groups is 1. The van der Waals surface area contributed by atoms with Crippen LogP contribution >= 0.6 is 0 Å². The average molecular weight is 243 g/mol. The van der Waals surface area contributed by atoms with E-state index in [1.54, 1.807) is 6.92 Å². The molecule has 0 aliphatic rings. The van der Waals surface area contributed by atoms with Crippen molar-refractivity contribution in [2.75, 3.05) is 0 Å². The van der Waals surface area contributed by atoms with Gasteiger partial charge >= 0.3 is 5.97 Å². The Morgan fingerprint density at radius 2 is 1.56 bits per heavy atom. The van der Waals surface area contributed by atoms with Gasteiger partial charge in [-0.15, -0.1) is 0 Å². The van der Waals surface area contributed by atoms with Crippen LogP contribution in [0.1, 0.15) is 29.8 Å². The fraction of sp³-hybridized carbons (Fsp3) is 0.267. The van der Waals surface area contributed by atoms with Gasteiger partial charge in [0.15, 0.2) is 0 Å². The van der Waals surface area contributed by atoms with Crippen molar-refractivity contribution in [1.82, 2.24) is 4.57 Å². The molecular formula is C15H17NO2. The van der Waals surface area contributed by atoms with E-state index >= 15 is 0 Å². The first-order valence-corrected chi connectivity index (χ1v) is 5.99. The summed E-state index contributed by atoms with van der Waals surface area (Å²) in [5.41, 5.74) is 4.24. The van der Waals surface area contributed by atoms with E-state index in [1.807, 2.05) is 24.3 Å². The summed E-state index contributed by atoms with van der Waals surface area (Å²) in [6, 6.07) is 11.8. The lowest BCUT2D eigenvalue weighted by atomic mass is 10.0. The van der Waals surface area contributed by atoms with E-state index in [1.165, 1.54) is 11.4 Å². The molecule has 0 saturated carbocycles. The molecule has 0 aliphatic carbocycles. The molecule has 2 rings (SSSR count). The number of aryl methyl sites for hydroxylation is 2. The molecule has 0 aliphatic heterocycles. The van der Waals surface area contributed by atoms with Crippen LogP contribution < -0.4 is 0 Å². The highest BCUT2D eigenvalue weighted by molar-refractivity contribution is 5.75. The molecule has 0 fully saturated rings. The molecular weight excluding hydrogens is 226 g/mol. The minimum atomic E-state index is -0.795. The first-order valence-electron chi connectivity index (χ1n) is 5.99. The summed E-state index contributed by atoms with van der Waals surface area (Å²) >= 11 is 0. The van der Waals surface area contributed by atoms with Crippen molar-refractivity contribution < 1.29 is 9.90 Å². The van der Waals surface area contributed by atoms with Crippen molar-refractivity contribution in [3.63, 3.8) is 0 Å². The van der Waals surface area contributed by atoms with Crippen molar-refractivity contribution in [1.29, 1.82) is 0 Å². The molecule has 1 aromatic heterocycles. The Bertz CT molecular complexity index is 547. The van der Waals surface area contributed by atoms with Crippen LogP contribution in [0.5, 0.6) is 0 Å². The van der Waals surface area contributed by atoms with Gasteiger partial charge in [-0.05, 0) is 50.6 Å². The van der Waals surface area contributed by atoms with Gasteiger partial charge in [-0.25, -0.2) is 0 Å². The molecule has 1 unspecified atom stereocenters. The van der Waals surface area contributed by atoms with Gasteiger partial charge < -0.3 is 9.67 Å². The van der Waals surface area contributed by atoms with Gasteiger partial charge in [0.1, 0.15) is 0 Å². The lowest BCUT2D eigenvalue weighted by molar-refractivity contribution is -0.138. The third-order valence-electron chi connectivity index (χ3n) is 3.29. The van der Waals surface area contributed by atoms with E-state index in [2.05, 4.69) is 30.5 Å². The van der Waals surface area contributed by atoms with Crippen molar-refractivity contribution in [3.8, 4) is 5.69 Å². The Hall–Kier alpha value is -2.03. The Morgan fingerprint density at radius 3 is 2.00 bits per heavy atom. The fourth-order valence-electron chi connectivity index (χ4n) is 2.13. The normalized spacial score (nSPS) is 12.4. The van der Waals surface area contributed by atoms with E-state index in [4.69, 9.17) is 5.11 Å². The standard InChI is InChI=1S/C15H17NO2/c1-10-4-5-11(2)16(10)14-8-6-13(7-9-14)12(3)15(17)18/h4-9,12H,1-3H3,(H,17,18). The molecule has 0 saturated heterocycles. The quantitative estimate of drug-likeness (QED) is 0.898. The van der Waals surface area contributed by atoms with Crippen molar-refractivity contribution in [2.24, 2.45) is 0 Å². The SMILES string of the molecule is Cc1ccc(C)n1-c1ccc(C(C)C(=O)O)cc1. The zero-order chi connectivity index (χ0) is 13.3. The Balaban J connectivity index is 2.36. The molecule has 2 aromatic rings. The predicted molar refractivity (Wildman–Crippen MR) is 71.3 cm³/mol. The van der Waals surface area contributed by atoms with Crippen molar-refractivity contribution in [2.45, 2.75) is 26.7 Å². The lowest BCUT2D eigenvalue weighted by Crippen LogP contribution is -2.07. The second kappa shape index (κ2) is 4.69. The predicted octanol–water partition coefficient (Wildman–Crippen LogP) is 3.28. The Labute approximate surface area is 107 Å². The summed E-state index contributed by atoms with van der Waals surface area (Å²) in [4.78, 5) is 10.9. The number of rotatable bonds is 3. The molecule has 3 nitrogen and oxygen atoms in total. The number of aliphatic carboxylic acids is 1. The van der Waals surface area contributed by atoms with Crippen molar-refractivity contribution in [3.05, 3.63) is 53.3 Å². The molecule has 1 atom stereocenters. The summed E-state index contributed by atoms with van der Waals surface area (Å²) < 4.78 is 2.15. The van der Waals surface area contributed by atoms with E-state index in [0.29, 0.717) is 0 Å². The third-order valence-corrected chi connectivity index (χ3v) is 3.29. The maximum atomic E-state index is 10.9. The van der Waals surface area contributed by atoms with Crippen LogP contribution in [0.25, 0.3) is 5.69 Å².